The molecule has 27 heavy (non-hydrogen) atoms. The maximum Gasteiger partial charge on any atom is 0.303 e. The van der Waals surface area contributed by atoms with Crippen LogP contribution in [0.25, 0.3) is 0 Å². The van der Waals surface area contributed by atoms with Crippen molar-refractivity contribution < 1.29 is 19.4 Å². The third kappa shape index (κ3) is 2.99. The van der Waals surface area contributed by atoms with E-state index < -0.39 is 0 Å². The van der Waals surface area contributed by atoms with Gasteiger partial charge in [-0.15, -0.1) is 0 Å². The average Bonchev–Trinajstić information content (AvgIpc) is 2.97. The van der Waals surface area contributed by atoms with E-state index in [4.69, 9.17) is 4.74 Å². The number of esters is 1. The van der Waals surface area contributed by atoms with Gasteiger partial charge in [-0.2, -0.15) is 0 Å². The largest absolute Gasteiger partial charge is 0.458 e. The zero-order valence-electron chi connectivity index (χ0n) is 17.0. The first-order chi connectivity index (χ1) is 12.8. The Hall–Kier alpha value is -1.16. The lowest BCUT2D eigenvalue weighted by molar-refractivity contribution is -0.149. The third-order valence-electron chi connectivity index (χ3n) is 8.88. The van der Waals surface area contributed by atoms with Crippen LogP contribution in [0.3, 0.4) is 0 Å². The highest BCUT2D eigenvalue weighted by Gasteiger charge is 2.59. The molecule has 0 bridgehead atoms. The van der Waals surface area contributed by atoms with Gasteiger partial charge in [-0.05, 0) is 80.0 Å². The van der Waals surface area contributed by atoms with Crippen molar-refractivity contribution in [2.24, 2.45) is 34.5 Å². The number of fused-ring (bicyclic) bond motifs is 5. The molecule has 0 spiro atoms. The molecule has 0 aromatic heterocycles. The highest BCUT2D eigenvalue weighted by atomic mass is 16.5. The molecule has 150 valence electrons. The normalized spacial score (nSPS) is 45.9. The van der Waals surface area contributed by atoms with Crippen LogP contribution in [-0.2, 0) is 14.3 Å². The predicted octanol–water partition coefficient (Wildman–Crippen LogP) is 4.06. The van der Waals surface area contributed by atoms with Crippen LogP contribution in [0.1, 0.15) is 72.1 Å². The minimum atomic E-state index is -0.371. The maximum atomic E-state index is 12.8. The van der Waals surface area contributed by atoms with Gasteiger partial charge in [0.2, 0.25) is 0 Å². The lowest BCUT2D eigenvalue weighted by atomic mass is 9.47. The molecule has 3 saturated carbocycles. The van der Waals surface area contributed by atoms with Crippen LogP contribution >= 0.6 is 0 Å². The maximum absolute atomic E-state index is 12.8. The second kappa shape index (κ2) is 6.72. The Balaban J connectivity index is 1.55. The fourth-order valence-electron chi connectivity index (χ4n) is 7.44. The molecule has 4 rings (SSSR count). The summed E-state index contributed by atoms with van der Waals surface area (Å²) in [7, 11) is 0. The Morgan fingerprint density at radius 3 is 2.67 bits per heavy atom. The lowest BCUT2D eigenvalue weighted by Crippen LogP contribution is -2.51. The van der Waals surface area contributed by atoms with E-state index >= 15 is 0 Å². The molecule has 0 saturated heterocycles. The summed E-state index contributed by atoms with van der Waals surface area (Å²) in [5.74, 6) is 1.71. The van der Waals surface area contributed by atoms with Crippen molar-refractivity contribution >= 4 is 11.8 Å². The van der Waals surface area contributed by atoms with Crippen molar-refractivity contribution in [3.8, 4) is 0 Å². The lowest BCUT2D eigenvalue weighted by Gasteiger charge is -2.57. The first kappa shape index (κ1) is 19.2. The number of Topliss-reactive ketones (excluding diaryl/α,β-unsaturated/α-hetero) is 1. The molecule has 4 aliphatic carbocycles. The molecule has 0 aliphatic heterocycles. The van der Waals surface area contributed by atoms with Crippen molar-refractivity contribution in [1.29, 1.82) is 0 Å². The van der Waals surface area contributed by atoms with Crippen LogP contribution in [0.4, 0.5) is 0 Å². The molecule has 0 unspecified atom stereocenters. The molecule has 4 heteroatoms. The van der Waals surface area contributed by atoms with E-state index in [1.54, 1.807) is 0 Å². The van der Waals surface area contributed by atoms with E-state index in [0.29, 0.717) is 17.8 Å². The molecule has 0 amide bonds. The van der Waals surface area contributed by atoms with Gasteiger partial charge in [-0.1, -0.05) is 25.5 Å². The first-order valence-electron chi connectivity index (χ1n) is 10.8. The fourth-order valence-corrected chi connectivity index (χ4v) is 7.44. The van der Waals surface area contributed by atoms with Crippen molar-refractivity contribution in [3.05, 3.63) is 11.6 Å². The number of carbonyl (C=O) groups is 2. The Bertz CT molecular complexity index is 667. The molecular formula is C23H34O4. The van der Waals surface area contributed by atoms with Crippen molar-refractivity contribution in [1.82, 2.24) is 0 Å². The van der Waals surface area contributed by atoms with E-state index in [9.17, 15) is 14.7 Å². The number of aliphatic hydroxyl groups is 1. The molecule has 0 heterocycles. The van der Waals surface area contributed by atoms with Gasteiger partial charge in [-0.3, -0.25) is 9.59 Å². The SMILES string of the molecule is CC(=O)OCC(=O)[C@@H]1CC[C@@H]2[C@H]3CC=C4C[C@H](O)CC[C@]4(C)[C@@H]3CC[C@]21C. The van der Waals surface area contributed by atoms with Crippen LogP contribution in [0, 0.1) is 34.5 Å². The molecular weight excluding hydrogens is 340 g/mol. The fraction of sp³-hybridized carbons (Fsp3) is 0.826. The number of ketones is 1. The number of hydrogen-bond acceptors (Lipinski definition) is 4. The summed E-state index contributed by atoms with van der Waals surface area (Å²) in [4.78, 5) is 23.9. The first-order valence-corrected chi connectivity index (χ1v) is 10.8. The van der Waals surface area contributed by atoms with Gasteiger partial charge >= 0.3 is 5.97 Å². The van der Waals surface area contributed by atoms with E-state index in [-0.39, 0.29) is 41.2 Å². The number of hydrogen-bond donors (Lipinski definition) is 1. The monoisotopic (exact) mass is 374 g/mol. The summed E-state index contributed by atoms with van der Waals surface area (Å²) >= 11 is 0. The Labute approximate surface area is 162 Å². The molecule has 7 atom stereocenters. The summed E-state index contributed by atoms with van der Waals surface area (Å²) in [6, 6.07) is 0. The van der Waals surface area contributed by atoms with E-state index in [0.717, 1.165) is 44.9 Å². The third-order valence-corrected chi connectivity index (χ3v) is 8.88. The molecule has 4 aliphatic rings. The zero-order chi connectivity index (χ0) is 19.4. The average molecular weight is 375 g/mol. The van der Waals surface area contributed by atoms with Crippen molar-refractivity contribution in [2.75, 3.05) is 6.61 Å². The summed E-state index contributed by atoms with van der Waals surface area (Å²) in [6.45, 7) is 6.06. The summed E-state index contributed by atoms with van der Waals surface area (Å²) in [5.41, 5.74) is 1.78. The van der Waals surface area contributed by atoms with Gasteiger partial charge in [-0.25, -0.2) is 0 Å². The Morgan fingerprint density at radius 2 is 1.93 bits per heavy atom. The van der Waals surface area contributed by atoms with Gasteiger partial charge in [0.1, 0.15) is 6.61 Å². The summed E-state index contributed by atoms with van der Waals surface area (Å²) in [6.07, 6.45) is 10.6. The van der Waals surface area contributed by atoms with Gasteiger partial charge in [0.15, 0.2) is 5.78 Å². The second-order valence-electron chi connectivity index (χ2n) is 10.1. The highest BCUT2D eigenvalue weighted by Crippen LogP contribution is 2.66. The molecule has 0 radical (unpaired) electrons. The van der Waals surface area contributed by atoms with Gasteiger partial charge < -0.3 is 9.84 Å². The zero-order valence-corrected chi connectivity index (χ0v) is 17.0. The van der Waals surface area contributed by atoms with Gasteiger partial charge in [0, 0.05) is 12.8 Å². The van der Waals surface area contributed by atoms with Gasteiger partial charge in [0.25, 0.3) is 0 Å². The quantitative estimate of drug-likeness (QED) is 0.598. The minimum absolute atomic E-state index is 0.0363. The molecule has 4 nitrogen and oxygen atoms in total. The molecule has 0 aromatic rings. The van der Waals surface area contributed by atoms with E-state index in [2.05, 4.69) is 19.9 Å². The number of ether oxygens (including phenoxy) is 1. The van der Waals surface area contributed by atoms with E-state index in [1.165, 1.54) is 18.9 Å². The van der Waals surface area contributed by atoms with Crippen LogP contribution in [0.5, 0.6) is 0 Å². The van der Waals surface area contributed by atoms with Gasteiger partial charge in [0.05, 0.1) is 6.10 Å². The number of rotatable bonds is 3. The number of carbonyl (C=O) groups excluding carboxylic acids is 2. The Kier molecular flexibility index (Phi) is 4.77. The second-order valence-corrected chi connectivity index (χ2v) is 10.1. The topological polar surface area (TPSA) is 63.6 Å². The highest BCUT2D eigenvalue weighted by molar-refractivity contribution is 5.85. The summed E-state index contributed by atoms with van der Waals surface area (Å²) in [5, 5.41) is 10.1. The molecule has 0 aromatic carbocycles. The van der Waals surface area contributed by atoms with Crippen LogP contribution in [0.15, 0.2) is 11.6 Å². The smallest absolute Gasteiger partial charge is 0.303 e. The summed E-state index contributed by atoms with van der Waals surface area (Å²) < 4.78 is 5.02. The van der Waals surface area contributed by atoms with Crippen molar-refractivity contribution in [3.63, 3.8) is 0 Å². The van der Waals surface area contributed by atoms with Crippen LogP contribution < -0.4 is 0 Å². The number of aliphatic hydroxyl groups excluding tert-OH is 1. The van der Waals surface area contributed by atoms with Crippen molar-refractivity contribution in [2.45, 2.75) is 78.2 Å². The molecule has 3 fully saturated rings. The predicted molar refractivity (Wildman–Crippen MR) is 103 cm³/mol. The number of allylic oxidation sites excluding steroid dienone is 1. The van der Waals surface area contributed by atoms with E-state index in [1.807, 2.05) is 0 Å². The van der Waals surface area contributed by atoms with Crippen LogP contribution in [0.2, 0.25) is 0 Å². The Morgan fingerprint density at radius 1 is 1.15 bits per heavy atom. The van der Waals surface area contributed by atoms with Crippen LogP contribution in [-0.4, -0.2) is 29.6 Å². The molecule has 1 N–H and O–H groups in total. The minimum Gasteiger partial charge on any atom is -0.458 e. The standard InChI is InChI=1S/C23H34O4/c1-14(24)27-13-21(26)20-7-6-18-17-5-4-15-12-16(25)8-10-22(15,2)19(17)9-11-23(18,20)3/h4,16-20,25H,5-13H2,1-3H3/t16-,17-,18-,19-,20+,22+,23-/m1/s1.